The second-order valence-corrected chi connectivity index (χ2v) is 10.2. The zero-order valence-electron chi connectivity index (χ0n) is 19.6. The number of aryl methyl sites for hydroxylation is 1. The van der Waals surface area contributed by atoms with Gasteiger partial charge in [0.1, 0.15) is 11.6 Å². The molecule has 0 aromatic heterocycles. The van der Waals surface area contributed by atoms with E-state index in [0.29, 0.717) is 12.1 Å². The maximum Gasteiger partial charge on any atom is 0.232 e. The van der Waals surface area contributed by atoms with Gasteiger partial charge in [0.15, 0.2) is 0 Å². The Hall–Kier alpha value is -2.61. The molecule has 176 valence electrons. The van der Waals surface area contributed by atoms with Crippen LogP contribution in [-0.4, -0.2) is 34.2 Å². The van der Waals surface area contributed by atoms with Gasteiger partial charge in [0.05, 0.1) is 25.1 Å². The summed E-state index contributed by atoms with van der Waals surface area (Å²) in [4.78, 5) is 12.5. The Morgan fingerprint density at radius 1 is 1.12 bits per heavy atom. The van der Waals surface area contributed by atoms with Crippen LogP contribution in [0.25, 0.3) is 0 Å². The van der Waals surface area contributed by atoms with Gasteiger partial charge in [-0.1, -0.05) is 13.8 Å². The van der Waals surface area contributed by atoms with Crippen LogP contribution in [0.2, 0.25) is 0 Å². The predicted octanol–water partition coefficient (Wildman–Crippen LogP) is 4.69. The molecule has 1 amide bonds. The number of sulfonamides is 1. The second-order valence-electron chi connectivity index (χ2n) is 8.31. The summed E-state index contributed by atoms with van der Waals surface area (Å²) < 4.78 is 44.2. The number of rotatable bonds is 10. The van der Waals surface area contributed by atoms with Crippen LogP contribution in [0.15, 0.2) is 36.4 Å². The molecule has 0 unspecified atom stereocenters. The van der Waals surface area contributed by atoms with Gasteiger partial charge >= 0.3 is 0 Å². The van der Waals surface area contributed by atoms with Gasteiger partial charge in [-0.05, 0) is 79.3 Å². The van der Waals surface area contributed by atoms with Gasteiger partial charge in [0, 0.05) is 13.0 Å². The fraction of sp³-hybridized carbons (Fsp3) is 0.458. The van der Waals surface area contributed by atoms with Gasteiger partial charge in [0.25, 0.3) is 0 Å². The highest BCUT2D eigenvalue weighted by Gasteiger charge is 2.19. The van der Waals surface area contributed by atoms with Crippen LogP contribution in [0.5, 0.6) is 5.75 Å². The van der Waals surface area contributed by atoms with Crippen LogP contribution in [0.3, 0.4) is 0 Å². The molecule has 0 aliphatic heterocycles. The minimum Gasteiger partial charge on any atom is -0.496 e. The van der Waals surface area contributed by atoms with Crippen LogP contribution < -0.4 is 14.4 Å². The molecule has 0 aliphatic rings. The third-order valence-electron chi connectivity index (χ3n) is 5.36. The minimum atomic E-state index is -3.55. The molecule has 0 saturated carbocycles. The largest absolute Gasteiger partial charge is 0.496 e. The third kappa shape index (κ3) is 6.69. The van der Waals surface area contributed by atoms with E-state index in [0.717, 1.165) is 28.7 Å². The van der Waals surface area contributed by atoms with Crippen molar-refractivity contribution in [3.05, 3.63) is 58.9 Å². The Kier molecular flexibility index (Phi) is 8.66. The van der Waals surface area contributed by atoms with E-state index in [1.165, 1.54) is 28.6 Å². The average molecular weight is 465 g/mol. The Labute approximate surface area is 190 Å². The van der Waals surface area contributed by atoms with Crippen molar-refractivity contribution in [3.8, 4) is 5.75 Å². The highest BCUT2D eigenvalue weighted by molar-refractivity contribution is 7.92. The van der Waals surface area contributed by atoms with E-state index in [9.17, 15) is 17.6 Å². The highest BCUT2D eigenvalue weighted by atomic mass is 32.2. The van der Waals surface area contributed by atoms with Crippen molar-refractivity contribution in [2.75, 3.05) is 24.2 Å². The van der Waals surface area contributed by atoms with Gasteiger partial charge in [0.2, 0.25) is 15.9 Å². The van der Waals surface area contributed by atoms with E-state index in [1.54, 1.807) is 7.11 Å². The first kappa shape index (κ1) is 25.6. The van der Waals surface area contributed by atoms with Gasteiger partial charge in [-0.2, -0.15) is 0 Å². The van der Waals surface area contributed by atoms with Gasteiger partial charge in [-0.3, -0.25) is 9.10 Å². The van der Waals surface area contributed by atoms with Crippen molar-refractivity contribution in [1.29, 1.82) is 0 Å². The van der Waals surface area contributed by atoms with E-state index < -0.39 is 15.8 Å². The number of anilines is 1. The number of ether oxygens (including phenoxy) is 1. The van der Waals surface area contributed by atoms with E-state index in [1.807, 2.05) is 19.9 Å². The maximum atomic E-state index is 13.2. The molecule has 0 aliphatic carbocycles. The number of benzene rings is 2. The monoisotopic (exact) mass is 464 g/mol. The first-order chi connectivity index (χ1) is 14.9. The lowest BCUT2D eigenvalue weighted by Crippen LogP contribution is -2.32. The number of carbonyl (C=O) groups is 1. The number of nitrogens with zero attached hydrogens (tertiary/aromatic N) is 1. The van der Waals surface area contributed by atoms with Crippen LogP contribution >= 0.6 is 0 Å². The number of methoxy groups -OCH3 is 1. The van der Waals surface area contributed by atoms with Crippen molar-refractivity contribution in [3.63, 3.8) is 0 Å². The number of carbonyl (C=O) groups excluding carboxylic acids is 1. The summed E-state index contributed by atoms with van der Waals surface area (Å²) in [7, 11) is -1.90. The molecule has 0 radical (unpaired) electrons. The lowest BCUT2D eigenvalue weighted by atomic mass is 9.93. The minimum absolute atomic E-state index is 0.130. The van der Waals surface area contributed by atoms with Gasteiger partial charge in [-0.15, -0.1) is 0 Å². The highest BCUT2D eigenvalue weighted by Crippen LogP contribution is 2.32. The maximum absolute atomic E-state index is 13.2. The first-order valence-corrected chi connectivity index (χ1v) is 12.5. The summed E-state index contributed by atoms with van der Waals surface area (Å²) in [5.41, 5.74) is 3.50. The Bertz CT molecular complexity index is 1040. The predicted molar refractivity (Wildman–Crippen MR) is 126 cm³/mol. The fourth-order valence-corrected chi connectivity index (χ4v) is 4.64. The van der Waals surface area contributed by atoms with Crippen LogP contribution in [0.4, 0.5) is 10.1 Å². The summed E-state index contributed by atoms with van der Waals surface area (Å²) >= 11 is 0. The molecule has 2 rings (SSSR count). The molecule has 0 heterocycles. The lowest BCUT2D eigenvalue weighted by Gasteiger charge is -2.23. The Morgan fingerprint density at radius 3 is 2.28 bits per heavy atom. The molecule has 0 spiro atoms. The van der Waals surface area contributed by atoms with Crippen LogP contribution in [0.1, 0.15) is 62.3 Å². The third-order valence-corrected chi connectivity index (χ3v) is 6.56. The lowest BCUT2D eigenvalue weighted by molar-refractivity contribution is -0.121. The SMILES string of the molecule is COc1cc(C)c([C@@H](C)NC(=O)CCCN(c2ccc(F)cc2)S(C)(=O)=O)cc1C(C)C. The summed E-state index contributed by atoms with van der Waals surface area (Å²) in [6, 6.07) is 9.11. The first-order valence-electron chi connectivity index (χ1n) is 10.6. The van der Waals surface area contributed by atoms with E-state index in [2.05, 4.69) is 25.2 Å². The molecule has 32 heavy (non-hydrogen) atoms. The molecule has 2 aromatic rings. The number of hydrogen-bond acceptors (Lipinski definition) is 4. The van der Waals surface area contributed by atoms with Crippen molar-refractivity contribution < 1.29 is 22.3 Å². The topological polar surface area (TPSA) is 75.7 Å². The smallest absolute Gasteiger partial charge is 0.232 e. The molecule has 8 heteroatoms. The number of hydrogen-bond donors (Lipinski definition) is 1. The van der Waals surface area contributed by atoms with Crippen molar-refractivity contribution >= 4 is 21.6 Å². The molecular formula is C24H33FN2O4S. The molecule has 0 fully saturated rings. The van der Waals surface area contributed by atoms with Crippen molar-refractivity contribution in [2.45, 2.75) is 52.5 Å². The van der Waals surface area contributed by atoms with Crippen molar-refractivity contribution in [2.24, 2.45) is 0 Å². The standard InChI is InChI=1S/C24H33FN2O4S/c1-16(2)21-15-22(17(3)14-23(21)31-5)18(4)26-24(28)8-7-13-27(32(6,29)30)20-11-9-19(25)10-12-20/h9-12,14-16,18H,7-8,13H2,1-6H3,(H,26,28)/t18-/m1/s1. The van der Waals surface area contributed by atoms with E-state index >= 15 is 0 Å². The molecule has 1 N–H and O–H groups in total. The summed E-state index contributed by atoms with van der Waals surface area (Å²) in [5, 5.41) is 3.00. The molecule has 0 bridgehead atoms. The van der Waals surface area contributed by atoms with Crippen LogP contribution in [0, 0.1) is 12.7 Å². The fourth-order valence-electron chi connectivity index (χ4n) is 3.68. The normalized spacial score (nSPS) is 12.5. The van der Waals surface area contributed by atoms with Crippen LogP contribution in [-0.2, 0) is 14.8 Å². The van der Waals surface area contributed by atoms with E-state index in [-0.39, 0.29) is 30.8 Å². The van der Waals surface area contributed by atoms with E-state index in [4.69, 9.17) is 4.74 Å². The zero-order valence-corrected chi connectivity index (χ0v) is 20.4. The molecule has 2 aromatic carbocycles. The number of amides is 1. The summed E-state index contributed by atoms with van der Waals surface area (Å²) in [6.07, 6.45) is 1.60. The summed E-state index contributed by atoms with van der Waals surface area (Å²) in [5.74, 6) is 0.512. The quantitative estimate of drug-likeness (QED) is 0.554. The van der Waals surface area contributed by atoms with Gasteiger partial charge in [-0.25, -0.2) is 12.8 Å². The Morgan fingerprint density at radius 2 is 1.75 bits per heavy atom. The number of halogens is 1. The molecular weight excluding hydrogens is 431 g/mol. The summed E-state index contributed by atoms with van der Waals surface area (Å²) in [6.45, 7) is 8.23. The average Bonchev–Trinajstić information content (AvgIpc) is 2.70. The van der Waals surface area contributed by atoms with Crippen molar-refractivity contribution in [1.82, 2.24) is 5.32 Å². The second kappa shape index (κ2) is 10.8. The number of nitrogens with one attached hydrogen (secondary N) is 1. The van der Waals surface area contributed by atoms with Gasteiger partial charge < -0.3 is 10.1 Å². The molecule has 6 nitrogen and oxygen atoms in total. The Balaban J connectivity index is 2.03. The zero-order chi connectivity index (χ0) is 24.1. The molecule has 1 atom stereocenters. The molecule has 0 saturated heterocycles.